The number of pyridine rings is 2. The van der Waals surface area contributed by atoms with Crippen LogP contribution in [0.4, 0.5) is 13.2 Å². The molecule has 1 aliphatic rings. The molecule has 0 saturated heterocycles. The van der Waals surface area contributed by atoms with E-state index in [-0.39, 0.29) is 5.88 Å². The minimum absolute atomic E-state index is 0.248. The van der Waals surface area contributed by atoms with Gasteiger partial charge in [0.2, 0.25) is 0 Å². The molecule has 1 saturated carbocycles. The second kappa shape index (κ2) is 5.19. The maximum absolute atomic E-state index is 14.2. The van der Waals surface area contributed by atoms with E-state index in [4.69, 9.17) is 4.74 Å². The van der Waals surface area contributed by atoms with E-state index in [1.807, 2.05) is 13.0 Å². The summed E-state index contributed by atoms with van der Waals surface area (Å²) in [5, 5.41) is 7.91. The van der Waals surface area contributed by atoms with Crippen LogP contribution in [0.3, 0.4) is 0 Å². The van der Waals surface area contributed by atoms with Crippen LogP contribution in [0, 0.1) is 12.7 Å². The summed E-state index contributed by atoms with van der Waals surface area (Å²) in [5.74, 6) is -3.64. The molecule has 3 heterocycles. The second-order valence-electron chi connectivity index (χ2n) is 5.94. The van der Waals surface area contributed by atoms with Crippen molar-refractivity contribution in [2.24, 2.45) is 0 Å². The van der Waals surface area contributed by atoms with Crippen LogP contribution in [0.15, 0.2) is 30.6 Å². The maximum Gasteiger partial charge on any atom is 0.255 e. The van der Waals surface area contributed by atoms with Gasteiger partial charge in [-0.3, -0.25) is 0 Å². The summed E-state index contributed by atoms with van der Waals surface area (Å²) >= 11 is 0. The van der Waals surface area contributed by atoms with Crippen LogP contribution >= 0.6 is 0 Å². The molecule has 0 unspecified atom stereocenters. The van der Waals surface area contributed by atoms with Crippen molar-refractivity contribution in [3.8, 4) is 17.0 Å². The van der Waals surface area contributed by atoms with Gasteiger partial charge in [-0.15, -0.1) is 5.10 Å². The SMILES string of the molecule is Cc1nnn2ccc(-c3cnc(OC4CC(F)(F)C4)c(F)c3)cc12. The largest absolute Gasteiger partial charge is 0.472 e. The number of alkyl halides is 2. The number of nitrogens with zero attached hydrogens (tertiary/aromatic N) is 4. The lowest BCUT2D eigenvalue weighted by molar-refractivity contribution is -0.136. The van der Waals surface area contributed by atoms with Gasteiger partial charge in [0.1, 0.15) is 6.10 Å². The summed E-state index contributed by atoms with van der Waals surface area (Å²) in [6.45, 7) is 1.83. The van der Waals surface area contributed by atoms with Crippen LogP contribution < -0.4 is 4.74 Å². The van der Waals surface area contributed by atoms with E-state index in [1.165, 1.54) is 12.3 Å². The standard InChI is InChI=1S/C16H13F3N4O/c1-9-14-5-10(2-3-23(14)22-21-9)11-4-13(17)15(20-8-11)24-12-6-16(18,19)7-12/h2-5,8,12H,6-7H2,1H3. The number of fused-ring (bicyclic) bond motifs is 1. The molecule has 0 radical (unpaired) electrons. The minimum atomic E-state index is -2.71. The highest BCUT2D eigenvalue weighted by Gasteiger charge is 2.47. The molecule has 0 aliphatic heterocycles. The average molecular weight is 334 g/mol. The first kappa shape index (κ1) is 14.9. The Morgan fingerprint density at radius 1 is 1.25 bits per heavy atom. The normalized spacial score (nSPS) is 17.0. The lowest BCUT2D eigenvalue weighted by Crippen LogP contribution is -2.43. The first-order valence-electron chi connectivity index (χ1n) is 7.43. The fourth-order valence-corrected chi connectivity index (χ4v) is 2.70. The zero-order valence-corrected chi connectivity index (χ0v) is 12.7. The molecule has 0 amide bonds. The van der Waals surface area contributed by atoms with E-state index in [1.54, 1.807) is 16.8 Å². The molecule has 0 N–H and O–H groups in total. The van der Waals surface area contributed by atoms with Crippen molar-refractivity contribution < 1.29 is 17.9 Å². The van der Waals surface area contributed by atoms with Crippen molar-refractivity contribution in [1.29, 1.82) is 0 Å². The van der Waals surface area contributed by atoms with Crippen molar-refractivity contribution in [2.75, 3.05) is 0 Å². The third-order valence-electron chi connectivity index (χ3n) is 4.07. The molecule has 0 spiro atoms. The fraction of sp³-hybridized carbons (Fsp3) is 0.312. The highest BCUT2D eigenvalue weighted by Crippen LogP contribution is 2.40. The first-order chi connectivity index (χ1) is 11.4. The van der Waals surface area contributed by atoms with Crippen LogP contribution in [0.5, 0.6) is 5.88 Å². The highest BCUT2D eigenvalue weighted by atomic mass is 19.3. The van der Waals surface area contributed by atoms with Gasteiger partial charge in [0.15, 0.2) is 5.82 Å². The maximum atomic E-state index is 14.2. The van der Waals surface area contributed by atoms with E-state index >= 15 is 0 Å². The van der Waals surface area contributed by atoms with Crippen molar-refractivity contribution >= 4 is 5.52 Å². The Bertz CT molecular complexity index is 917. The number of aromatic nitrogens is 4. The van der Waals surface area contributed by atoms with Crippen molar-refractivity contribution in [3.63, 3.8) is 0 Å². The van der Waals surface area contributed by atoms with Crippen molar-refractivity contribution in [2.45, 2.75) is 31.8 Å². The van der Waals surface area contributed by atoms with E-state index in [0.717, 1.165) is 16.8 Å². The molecule has 3 aromatic rings. The molecule has 4 rings (SSSR count). The molecule has 0 atom stereocenters. The third-order valence-corrected chi connectivity index (χ3v) is 4.07. The molecule has 3 aromatic heterocycles. The molecular weight excluding hydrogens is 321 g/mol. The summed E-state index contributed by atoms with van der Waals surface area (Å²) in [6, 6.07) is 4.88. The van der Waals surface area contributed by atoms with Gasteiger partial charge in [-0.05, 0) is 30.7 Å². The van der Waals surface area contributed by atoms with Gasteiger partial charge in [0.25, 0.3) is 11.8 Å². The topological polar surface area (TPSA) is 52.3 Å². The molecule has 0 bridgehead atoms. The number of ether oxygens (including phenoxy) is 1. The van der Waals surface area contributed by atoms with Crippen LogP contribution in [0.2, 0.25) is 0 Å². The van der Waals surface area contributed by atoms with Gasteiger partial charge in [0.05, 0.1) is 11.2 Å². The third kappa shape index (κ3) is 2.57. The van der Waals surface area contributed by atoms with Gasteiger partial charge in [-0.1, -0.05) is 5.21 Å². The zero-order chi connectivity index (χ0) is 16.9. The van der Waals surface area contributed by atoms with E-state index in [2.05, 4.69) is 15.3 Å². The lowest BCUT2D eigenvalue weighted by atomic mass is 9.91. The monoisotopic (exact) mass is 334 g/mol. The minimum Gasteiger partial charge on any atom is -0.472 e. The molecule has 5 nitrogen and oxygen atoms in total. The molecular formula is C16H13F3N4O. The number of aryl methyl sites for hydroxylation is 1. The van der Waals surface area contributed by atoms with Crippen molar-refractivity contribution in [3.05, 3.63) is 42.1 Å². The second-order valence-corrected chi connectivity index (χ2v) is 5.94. The number of rotatable bonds is 3. The van der Waals surface area contributed by atoms with E-state index in [9.17, 15) is 13.2 Å². The molecule has 0 aromatic carbocycles. The van der Waals surface area contributed by atoms with Crippen LogP contribution in [-0.4, -0.2) is 31.8 Å². The average Bonchev–Trinajstić information content (AvgIpc) is 2.88. The highest BCUT2D eigenvalue weighted by molar-refractivity contribution is 5.69. The number of hydrogen-bond acceptors (Lipinski definition) is 4. The van der Waals surface area contributed by atoms with Gasteiger partial charge in [-0.2, -0.15) is 0 Å². The van der Waals surface area contributed by atoms with Crippen LogP contribution in [-0.2, 0) is 0 Å². The molecule has 24 heavy (non-hydrogen) atoms. The number of hydrogen-bond donors (Lipinski definition) is 0. The summed E-state index contributed by atoms with van der Waals surface area (Å²) in [5.41, 5.74) is 2.88. The Hall–Kier alpha value is -2.64. The van der Waals surface area contributed by atoms with Crippen molar-refractivity contribution in [1.82, 2.24) is 19.8 Å². The quantitative estimate of drug-likeness (QED) is 0.736. The first-order valence-corrected chi connectivity index (χ1v) is 7.43. The zero-order valence-electron chi connectivity index (χ0n) is 12.7. The molecule has 124 valence electrons. The summed E-state index contributed by atoms with van der Waals surface area (Å²) < 4.78 is 46.6. The Morgan fingerprint density at radius 2 is 2.04 bits per heavy atom. The van der Waals surface area contributed by atoms with Gasteiger partial charge < -0.3 is 4.74 Å². The van der Waals surface area contributed by atoms with Gasteiger partial charge in [-0.25, -0.2) is 22.7 Å². The summed E-state index contributed by atoms with van der Waals surface area (Å²) in [6.07, 6.45) is 1.69. The Kier molecular flexibility index (Phi) is 3.22. The molecule has 1 fully saturated rings. The van der Waals surface area contributed by atoms with Crippen LogP contribution in [0.25, 0.3) is 16.6 Å². The smallest absolute Gasteiger partial charge is 0.255 e. The Balaban J connectivity index is 1.59. The van der Waals surface area contributed by atoms with E-state index < -0.39 is 30.7 Å². The van der Waals surface area contributed by atoms with Gasteiger partial charge in [0, 0.05) is 30.8 Å². The Morgan fingerprint density at radius 3 is 2.75 bits per heavy atom. The predicted molar refractivity (Wildman–Crippen MR) is 79.5 cm³/mol. The van der Waals surface area contributed by atoms with Gasteiger partial charge >= 0.3 is 0 Å². The molecule has 1 aliphatic carbocycles. The number of halogens is 3. The van der Waals surface area contributed by atoms with E-state index in [0.29, 0.717) is 5.56 Å². The van der Waals surface area contributed by atoms with Crippen LogP contribution in [0.1, 0.15) is 18.5 Å². The summed E-state index contributed by atoms with van der Waals surface area (Å²) in [7, 11) is 0. The predicted octanol–water partition coefficient (Wildman–Crippen LogP) is 3.42. The summed E-state index contributed by atoms with van der Waals surface area (Å²) in [4.78, 5) is 3.93. The fourth-order valence-electron chi connectivity index (χ4n) is 2.70. The lowest BCUT2D eigenvalue weighted by Gasteiger charge is -2.34. The Labute approximate surface area is 135 Å². The molecule has 8 heteroatoms.